The number of aromatic nitrogens is 2. The monoisotopic (exact) mass is 230 g/mol. The maximum atomic E-state index is 11.0. The summed E-state index contributed by atoms with van der Waals surface area (Å²) in [6.07, 6.45) is 2.41. The predicted molar refractivity (Wildman–Crippen MR) is 64.1 cm³/mol. The molecule has 0 bridgehead atoms. The van der Waals surface area contributed by atoms with Gasteiger partial charge < -0.3 is 5.11 Å². The molecule has 0 amide bonds. The number of H-pyrrole nitrogens is 1. The van der Waals surface area contributed by atoms with Crippen LogP contribution in [0.1, 0.15) is 42.9 Å². The van der Waals surface area contributed by atoms with Gasteiger partial charge in [0.15, 0.2) is 0 Å². The molecule has 1 aromatic carbocycles. The van der Waals surface area contributed by atoms with Gasteiger partial charge in [-0.2, -0.15) is 5.10 Å². The number of carboxylic acid groups (broad SMARTS) is 1. The van der Waals surface area contributed by atoms with Crippen LogP contribution in [0.4, 0.5) is 0 Å². The highest BCUT2D eigenvalue weighted by atomic mass is 16.4. The Balaban J connectivity index is 2.09. The third kappa shape index (κ3) is 1.69. The van der Waals surface area contributed by atoms with Crippen molar-refractivity contribution in [3.63, 3.8) is 0 Å². The Morgan fingerprint density at radius 3 is 2.94 bits per heavy atom. The van der Waals surface area contributed by atoms with E-state index in [9.17, 15) is 4.79 Å². The molecule has 4 heteroatoms. The smallest absolute Gasteiger partial charge is 0.310 e. The van der Waals surface area contributed by atoms with Gasteiger partial charge in [-0.05, 0) is 37.5 Å². The van der Waals surface area contributed by atoms with Crippen molar-refractivity contribution >= 4 is 16.9 Å². The van der Waals surface area contributed by atoms with Gasteiger partial charge >= 0.3 is 5.97 Å². The van der Waals surface area contributed by atoms with E-state index < -0.39 is 11.9 Å². The largest absolute Gasteiger partial charge is 0.481 e. The number of fused-ring (bicyclic) bond motifs is 1. The number of carboxylic acids is 1. The van der Waals surface area contributed by atoms with E-state index >= 15 is 0 Å². The van der Waals surface area contributed by atoms with Crippen molar-refractivity contribution in [3.05, 3.63) is 29.5 Å². The van der Waals surface area contributed by atoms with Gasteiger partial charge in [-0.25, -0.2) is 0 Å². The third-order valence-electron chi connectivity index (χ3n) is 3.46. The van der Waals surface area contributed by atoms with E-state index in [-0.39, 0.29) is 0 Å². The van der Waals surface area contributed by atoms with Crippen molar-refractivity contribution < 1.29 is 9.90 Å². The molecule has 3 rings (SSSR count). The molecule has 17 heavy (non-hydrogen) atoms. The van der Waals surface area contributed by atoms with E-state index in [4.69, 9.17) is 5.11 Å². The highest BCUT2D eigenvalue weighted by molar-refractivity contribution is 5.85. The lowest BCUT2D eigenvalue weighted by Crippen LogP contribution is -2.07. The van der Waals surface area contributed by atoms with Crippen molar-refractivity contribution in [2.75, 3.05) is 0 Å². The maximum Gasteiger partial charge on any atom is 0.310 e. The minimum Gasteiger partial charge on any atom is -0.481 e. The molecule has 0 spiro atoms. The van der Waals surface area contributed by atoms with Crippen LogP contribution < -0.4 is 0 Å². The minimum atomic E-state index is -0.791. The molecule has 1 saturated carbocycles. The molecule has 1 aliphatic rings. The van der Waals surface area contributed by atoms with E-state index in [0.717, 1.165) is 16.5 Å². The molecule has 1 unspecified atom stereocenters. The Kier molecular flexibility index (Phi) is 2.18. The van der Waals surface area contributed by atoms with Crippen LogP contribution in [0.15, 0.2) is 18.2 Å². The molecule has 4 nitrogen and oxygen atoms in total. The van der Waals surface area contributed by atoms with Crippen LogP contribution in [0.5, 0.6) is 0 Å². The van der Waals surface area contributed by atoms with Crippen LogP contribution in [0.25, 0.3) is 10.9 Å². The van der Waals surface area contributed by atoms with Gasteiger partial charge in [0.25, 0.3) is 0 Å². The molecule has 1 aromatic heterocycles. The first-order valence-electron chi connectivity index (χ1n) is 5.87. The lowest BCUT2D eigenvalue weighted by Gasteiger charge is -2.06. The van der Waals surface area contributed by atoms with Gasteiger partial charge in [0.2, 0.25) is 0 Å². The Hall–Kier alpha value is -1.84. The minimum absolute atomic E-state index is 0.471. The number of benzene rings is 1. The van der Waals surface area contributed by atoms with Gasteiger partial charge in [0.05, 0.1) is 11.4 Å². The fraction of sp³-hybridized carbons (Fsp3) is 0.385. The summed E-state index contributed by atoms with van der Waals surface area (Å²) in [6.45, 7) is 1.71. The fourth-order valence-electron chi connectivity index (χ4n) is 2.14. The number of aliphatic carboxylic acids is 1. The summed E-state index contributed by atoms with van der Waals surface area (Å²) in [5.41, 5.74) is 2.93. The molecule has 0 aliphatic heterocycles. The average molecular weight is 230 g/mol. The standard InChI is InChI=1S/C13H14N2O2/c1-7(13(16)17)9-4-5-11-10(6-9)12(15-14-11)8-2-3-8/h4-8H,2-3H2,1H3,(H,14,15)(H,16,17). The van der Waals surface area contributed by atoms with Gasteiger partial charge in [-0.15, -0.1) is 0 Å². The van der Waals surface area contributed by atoms with Crippen molar-refractivity contribution in [2.45, 2.75) is 31.6 Å². The number of hydrogen-bond donors (Lipinski definition) is 2. The Bertz CT molecular complexity index is 584. The van der Waals surface area contributed by atoms with Crippen molar-refractivity contribution in [2.24, 2.45) is 0 Å². The third-order valence-corrected chi connectivity index (χ3v) is 3.46. The zero-order chi connectivity index (χ0) is 12.0. The molecule has 2 aromatic rings. The molecule has 1 heterocycles. The van der Waals surface area contributed by atoms with Crippen molar-refractivity contribution in [3.8, 4) is 0 Å². The van der Waals surface area contributed by atoms with Crippen LogP contribution in [0, 0.1) is 0 Å². The Morgan fingerprint density at radius 2 is 2.29 bits per heavy atom. The molecule has 88 valence electrons. The molecule has 1 aliphatic carbocycles. The Labute approximate surface area is 98.6 Å². The summed E-state index contributed by atoms with van der Waals surface area (Å²) in [7, 11) is 0. The normalized spacial score (nSPS) is 17.2. The van der Waals surface area contributed by atoms with Crippen molar-refractivity contribution in [1.82, 2.24) is 10.2 Å². The lowest BCUT2D eigenvalue weighted by molar-refractivity contribution is -0.138. The molecular weight excluding hydrogens is 216 g/mol. The first-order valence-corrected chi connectivity index (χ1v) is 5.87. The number of hydrogen-bond acceptors (Lipinski definition) is 2. The highest BCUT2D eigenvalue weighted by Crippen LogP contribution is 2.42. The van der Waals surface area contributed by atoms with Gasteiger partial charge in [-0.3, -0.25) is 9.89 Å². The summed E-state index contributed by atoms with van der Waals surface area (Å²) in [5, 5.41) is 17.4. The van der Waals surface area contributed by atoms with Crippen LogP contribution in [-0.4, -0.2) is 21.3 Å². The molecular formula is C13H14N2O2. The summed E-state index contributed by atoms with van der Waals surface area (Å²) in [4.78, 5) is 11.0. The number of aromatic amines is 1. The fourth-order valence-corrected chi connectivity index (χ4v) is 2.14. The topological polar surface area (TPSA) is 66.0 Å². The van der Waals surface area contributed by atoms with Crippen LogP contribution >= 0.6 is 0 Å². The summed E-state index contributed by atoms with van der Waals surface area (Å²) in [6, 6.07) is 5.70. The van der Waals surface area contributed by atoms with E-state index in [2.05, 4.69) is 10.2 Å². The van der Waals surface area contributed by atoms with E-state index in [1.165, 1.54) is 18.5 Å². The molecule has 0 saturated heterocycles. The highest BCUT2D eigenvalue weighted by Gasteiger charge is 2.27. The number of rotatable bonds is 3. The van der Waals surface area contributed by atoms with E-state index in [0.29, 0.717) is 5.92 Å². The average Bonchev–Trinajstić information content (AvgIpc) is 3.07. The zero-order valence-corrected chi connectivity index (χ0v) is 9.60. The maximum absolute atomic E-state index is 11.0. The number of nitrogens with one attached hydrogen (secondary N) is 1. The Morgan fingerprint density at radius 1 is 1.53 bits per heavy atom. The second kappa shape index (κ2) is 3.58. The van der Waals surface area contributed by atoms with Crippen LogP contribution in [0.2, 0.25) is 0 Å². The number of nitrogens with zero attached hydrogens (tertiary/aromatic N) is 1. The predicted octanol–water partition coefficient (Wildman–Crippen LogP) is 2.63. The SMILES string of the molecule is CC(C(=O)O)c1ccc2n[nH]c(C3CC3)c2c1. The molecule has 2 N–H and O–H groups in total. The van der Waals surface area contributed by atoms with Crippen LogP contribution in [-0.2, 0) is 4.79 Å². The summed E-state index contributed by atoms with van der Waals surface area (Å²) < 4.78 is 0. The molecule has 0 radical (unpaired) electrons. The summed E-state index contributed by atoms with van der Waals surface area (Å²) in [5.74, 6) is -0.669. The molecule has 1 fully saturated rings. The first-order chi connectivity index (χ1) is 8.16. The van der Waals surface area contributed by atoms with Gasteiger partial charge in [0, 0.05) is 17.0 Å². The number of carbonyl (C=O) groups is 1. The van der Waals surface area contributed by atoms with Crippen LogP contribution in [0.3, 0.4) is 0 Å². The van der Waals surface area contributed by atoms with Crippen molar-refractivity contribution in [1.29, 1.82) is 0 Å². The van der Waals surface area contributed by atoms with E-state index in [1.54, 1.807) is 6.92 Å². The first kappa shape index (κ1) is 10.3. The zero-order valence-electron chi connectivity index (χ0n) is 9.60. The van der Waals surface area contributed by atoms with E-state index in [1.807, 2.05) is 18.2 Å². The second-order valence-electron chi connectivity index (χ2n) is 4.75. The lowest BCUT2D eigenvalue weighted by atomic mass is 9.99. The summed E-state index contributed by atoms with van der Waals surface area (Å²) >= 11 is 0. The molecule has 1 atom stereocenters. The van der Waals surface area contributed by atoms with Gasteiger partial charge in [0.1, 0.15) is 0 Å². The van der Waals surface area contributed by atoms with Gasteiger partial charge in [-0.1, -0.05) is 6.07 Å². The quantitative estimate of drug-likeness (QED) is 0.851. The second-order valence-corrected chi connectivity index (χ2v) is 4.75.